The highest BCUT2D eigenvalue weighted by atomic mass is 15.0. The number of hydrogen-bond acceptors (Lipinski definition) is 1. The molecule has 1 aliphatic heterocycles. The first-order chi connectivity index (χ1) is 10.4. The van der Waals surface area contributed by atoms with E-state index < -0.39 is 0 Å². The molecule has 1 aromatic heterocycles. The molecule has 21 heavy (non-hydrogen) atoms. The van der Waals surface area contributed by atoms with Crippen LogP contribution in [0.25, 0.3) is 10.9 Å². The van der Waals surface area contributed by atoms with Crippen molar-refractivity contribution >= 4 is 10.9 Å². The number of aryl methyl sites for hydroxylation is 1. The molecule has 1 atom stereocenters. The molecule has 0 saturated carbocycles. The molecule has 0 aliphatic carbocycles. The highest BCUT2D eigenvalue weighted by Gasteiger charge is 2.25. The molecule has 0 bridgehead atoms. The van der Waals surface area contributed by atoms with Crippen molar-refractivity contribution in [3.05, 3.63) is 71.4 Å². The highest BCUT2D eigenvalue weighted by molar-refractivity contribution is 5.86. The van der Waals surface area contributed by atoms with Crippen molar-refractivity contribution in [2.45, 2.75) is 12.3 Å². The molecular weight excluding hydrogens is 256 g/mol. The average Bonchev–Trinajstić information content (AvgIpc) is 2.71. The van der Waals surface area contributed by atoms with Gasteiger partial charge in [0.2, 0.25) is 0 Å². The molecule has 1 aliphatic rings. The number of para-hydroxylation sites is 1. The predicted molar refractivity (Wildman–Crippen MR) is 87.8 cm³/mol. The van der Waals surface area contributed by atoms with Crippen molar-refractivity contribution in [1.82, 2.24) is 9.88 Å². The van der Waals surface area contributed by atoms with E-state index in [1.54, 1.807) is 0 Å². The molecule has 4 rings (SSSR count). The third-order valence-corrected chi connectivity index (χ3v) is 4.69. The Kier molecular flexibility index (Phi) is 3.04. The first-order valence-corrected chi connectivity index (χ1v) is 7.68. The van der Waals surface area contributed by atoms with Crippen LogP contribution in [0.1, 0.15) is 22.7 Å². The van der Waals surface area contributed by atoms with E-state index in [-0.39, 0.29) is 0 Å². The minimum Gasteiger partial charge on any atom is -0.347 e. The Bertz CT molecular complexity index is 771. The smallest absolute Gasteiger partial charge is 0.0482 e. The molecule has 0 unspecified atom stereocenters. The lowest BCUT2D eigenvalue weighted by molar-refractivity contribution is 0.644. The van der Waals surface area contributed by atoms with Crippen LogP contribution in [0.4, 0.5) is 0 Å². The van der Waals surface area contributed by atoms with Gasteiger partial charge in [0.25, 0.3) is 0 Å². The topological polar surface area (TPSA) is 17.0 Å². The molecule has 0 fully saturated rings. The highest BCUT2D eigenvalue weighted by Crippen LogP contribution is 2.35. The van der Waals surface area contributed by atoms with Gasteiger partial charge in [-0.3, -0.25) is 0 Å². The lowest BCUT2D eigenvalue weighted by Gasteiger charge is -2.18. The standard InChI is InChI=1S/C19H20N2/c1-21-18-10-6-5-9-15(18)16-11-12-20-13-17(19(16)21)14-7-3-2-4-8-14/h2-10,17,20H,11-13H2,1H3/t17-/m1/s1. The van der Waals surface area contributed by atoms with Crippen molar-refractivity contribution in [3.63, 3.8) is 0 Å². The van der Waals surface area contributed by atoms with Crippen molar-refractivity contribution in [3.8, 4) is 0 Å². The minimum atomic E-state index is 0.432. The van der Waals surface area contributed by atoms with E-state index in [0.29, 0.717) is 5.92 Å². The molecule has 106 valence electrons. The van der Waals surface area contributed by atoms with E-state index in [0.717, 1.165) is 19.5 Å². The zero-order valence-corrected chi connectivity index (χ0v) is 12.3. The van der Waals surface area contributed by atoms with Gasteiger partial charge in [-0.1, -0.05) is 48.5 Å². The SMILES string of the molecule is Cn1c2c(c3ccccc31)CCNC[C@@H]2c1ccccc1. The number of rotatable bonds is 1. The Morgan fingerprint density at radius 2 is 1.76 bits per heavy atom. The molecule has 2 heteroatoms. The van der Waals surface area contributed by atoms with Crippen LogP contribution in [0.15, 0.2) is 54.6 Å². The molecule has 0 radical (unpaired) electrons. The molecule has 0 spiro atoms. The predicted octanol–water partition coefficient (Wildman–Crippen LogP) is 3.46. The molecule has 2 aromatic carbocycles. The zero-order chi connectivity index (χ0) is 14.2. The van der Waals surface area contributed by atoms with Gasteiger partial charge in [0.1, 0.15) is 0 Å². The number of aromatic nitrogens is 1. The van der Waals surface area contributed by atoms with E-state index >= 15 is 0 Å². The van der Waals surface area contributed by atoms with Crippen molar-refractivity contribution in [1.29, 1.82) is 0 Å². The maximum absolute atomic E-state index is 3.61. The molecule has 2 nitrogen and oxygen atoms in total. The first-order valence-electron chi connectivity index (χ1n) is 7.68. The van der Waals surface area contributed by atoms with Crippen LogP contribution >= 0.6 is 0 Å². The van der Waals surface area contributed by atoms with E-state index in [1.807, 2.05) is 0 Å². The molecule has 3 aromatic rings. The van der Waals surface area contributed by atoms with Crippen LogP contribution in [-0.2, 0) is 13.5 Å². The van der Waals surface area contributed by atoms with Gasteiger partial charge < -0.3 is 9.88 Å². The van der Waals surface area contributed by atoms with Gasteiger partial charge >= 0.3 is 0 Å². The minimum absolute atomic E-state index is 0.432. The number of fused-ring (bicyclic) bond motifs is 3. The van der Waals surface area contributed by atoms with Gasteiger partial charge in [0.05, 0.1) is 0 Å². The second kappa shape index (κ2) is 5.05. The summed E-state index contributed by atoms with van der Waals surface area (Å²) in [5, 5.41) is 5.02. The average molecular weight is 276 g/mol. The van der Waals surface area contributed by atoms with Crippen LogP contribution in [0.2, 0.25) is 0 Å². The molecule has 0 saturated heterocycles. The largest absolute Gasteiger partial charge is 0.347 e. The number of nitrogens with zero attached hydrogens (tertiary/aromatic N) is 1. The maximum Gasteiger partial charge on any atom is 0.0482 e. The summed E-state index contributed by atoms with van der Waals surface area (Å²) in [6.07, 6.45) is 1.11. The normalized spacial score (nSPS) is 18.4. The number of benzene rings is 2. The number of hydrogen-bond donors (Lipinski definition) is 1. The van der Waals surface area contributed by atoms with Gasteiger partial charge in [-0.15, -0.1) is 0 Å². The third-order valence-electron chi connectivity index (χ3n) is 4.69. The van der Waals surface area contributed by atoms with E-state index in [9.17, 15) is 0 Å². The summed E-state index contributed by atoms with van der Waals surface area (Å²) in [4.78, 5) is 0. The van der Waals surface area contributed by atoms with Crippen LogP contribution < -0.4 is 5.32 Å². The lowest BCUT2D eigenvalue weighted by Crippen LogP contribution is -2.22. The summed E-state index contributed by atoms with van der Waals surface area (Å²) in [5.41, 5.74) is 5.75. The second-order valence-electron chi connectivity index (χ2n) is 5.86. The van der Waals surface area contributed by atoms with Gasteiger partial charge in [-0.25, -0.2) is 0 Å². The summed E-state index contributed by atoms with van der Waals surface area (Å²) in [6.45, 7) is 2.07. The van der Waals surface area contributed by atoms with Gasteiger partial charge in [-0.2, -0.15) is 0 Å². The number of nitrogens with one attached hydrogen (secondary N) is 1. The van der Waals surface area contributed by atoms with Crippen LogP contribution in [-0.4, -0.2) is 17.7 Å². The first kappa shape index (κ1) is 12.7. The lowest BCUT2D eigenvalue weighted by atomic mass is 9.92. The Balaban J connectivity index is 1.98. The van der Waals surface area contributed by atoms with E-state index in [4.69, 9.17) is 0 Å². The second-order valence-corrected chi connectivity index (χ2v) is 5.86. The van der Waals surface area contributed by atoms with E-state index in [2.05, 4.69) is 71.5 Å². The molecule has 0 amide bonds. The van der Waals surface area contributed by atoms with Crippen LogP contribution in [0, 0.1) is 0 Å². The summed E-state index contributed by atoms with van der Waals surface area (Å²) < 4.78 is 2.40. The fraction of sp³-hybridized carbons (Fsp3) is 0.263. The Labute approximate surface area is 125 Å². The van der Waals surface area contributed by atoms with Gasteiger partial charge in [-0.05, 0) is 30.2 Å². The van der Waals surface area contributed by atoms with Gasteiger partial charge in [0, 0.05) is 36.1 Å². The zero-order valence-electron chi connectivity index (χ0n) is 12.3. The van der Waals surface area contributed by atoms with E-state index in [1.165, 1.54) is 27.7 Å². The summed E-state index contributed by atoms with van der Waals surface area (Å²) in [6, 6.07) is 19.7. The Hall–Kier alpha value is -2.06. The van der Waals surface area contributed by atoms with Gasteiger partial charge in [0.15, 0.2) is 0 Å². The van der Waals surface area contributed by atoms with Crippen molar-refractivity contribution in [2.75, 3.05) is 13.1 Å². The maximum atomic E-state index is 3.61. The molecular formula is C19H20N2. The fourth-order valence-corrected chi connectivity index (χ4v) is 3.72. The summed E-state index contributed by atoms with van der Waals surface area (Å²) in [5.74, 6) is 0.432. The third kappa shape index (κ3) is 1.98. The van der Waals surface area contributed by atoms with Crippen LogP contribution in [0.3, 0.4) is 0 Å². The Morgan fingerprint density at radius 1 is 1.00 bits per heavy atom. The summed E-state index contributed by atoms with van der Waals surface area (Å²) in [7, 11) is 2.21. The van der Waals surface area contributed by atoms with Crippen LogP contribution in [0.5, 0.6) is 0 Å². The quantitative estimate of drug-likeness (QED) is 0.720. The van der Waals surface area contributed by atoms with Crippen molar-refractivity contribution in [2.24, 2.45) is 7.05 Å². The van der Waals surface area contributed by atoms with Crippen molar-refractivity contribution < 1.29 is 0 Å². The summed E-state index contributed by atoms with van der Waals surface area (Å²) >= 11 is 0. The molecule has 2 heterocycles. The monoisotopic (exact) mass is 276 g/mol. The Morgan fingerprint density at radius 3 is 2.62 bits per heavy atom. The molecule has 1 N–H and O–H groups in total. The fourth-order valence-electron chi connectivity index (χ4n) is 3.72.